The Morgan fingerprint density at radius 2 is 1.48 bits per heavy atom. The van der Waals surface area contributed by atoms with E-state index in [9.17, 15) is 18.4 Å². The SMILES string of the molecule is CC(Oc1ccccc1)c1ccc(NC(=O)NC(=O)c2c(F)cccc2F)cc1. The highest BCUT2D eigenvalue weighted by molar-refractivity contribution is 6.08. The van der Waals surface area contributed by atoms with Gasteiger partial charge in [0.25, 0.3) is 5.91 Å². The number of rotatable bonds is 5. The minimum atomic E-state index is -1.17. The number of amides is 3. The van der Waals surface area contributed by atoms with Gasteiger partial charge in [0.1, 0.15) is 29.1 Å². The van der Waals surface area contributed by atoms with Crippen molar-refractivity contribution in [1.82, 2.24) is 5.32 Å². The lowest BCUT2D eigenvalue weighted by molar-refractivity contribution is 0.0959. The largest absolute Gasteiger partial charge is 0.486 e. The number of ether oxygens (including phenoxy) is 1. The Hall–Kier alpha value is -3.74. The third-order valence-corrected chi connectivity index (χ3v) is 4.11. The lowest BCUT2D eigenvalue weighted by Gasteiger charge is -2.15. The van der Waals surface area contributed by atoms with Crippen molar-refractivity contribution in [2.75, 3.05) is 5.32 Å². The van der Waals surface area contributed by atoms with Crippen LogP contribution < -0.4 is 15.4 Å². The summed E-state index contributed by atoms with van der Waals surface area (Å²) in [6, 6.07) is 18.3. The summed E-state index contributed by atoms with van der Waals surface area (Å²) in [6.07, 6.45) is -0.217. The second-order valence-electron chi connectivity index (χ2n) is 6.20. The highest BCUT2D eigenvalue weighted by Crippen LogP contribution is 2.22. The molecule has 0 spiro atoms. The standard InChI is InChI=1S/C22H18F2N2O3/c1-14(29-17-6-3-2-4-7-17)15-10-12-16(13-11-15)25-22(28)26-21(27)20-18(23)8-5-9-19(20)24/h2-14H,1H3,(H2,25,26,27,28). The van der Waals surface area contributed by atoms with Crippen molar-refractivity contribution in [3.63, 3.8) is 0 Å². The Morgan fingerprint density at radius 3 is 2.10 bits per heavy atom. The summed E-state index contributed by atoms with van der Waals surface area (Å²) in [5, 5.41) is 4.34. The zero-order valence-electron chi connectivity index (χ0n) is 15.5. The van der Waals surface area contributed by atoms with Gasteiger partial charge >= 0.3 is 6.03 Å². The van der Waals surface area contributed by atoms with Crippen LogP contribution >= 0.6 is 0 Å². The summed E-state index contributed by atoms with van der Waals surface area (Å²) < 4.78 is 33.1. The molecule has 0 aliphatic carbocycles. The maximum atomic E-state index is 13.6. The van der Waals surface area contributed by atoms with Gasteiger partial charge in [-0.1, -0.05) is 36.4 Å². The van der Waals surface area contributed by atoms with E-state index < -0.39 is 29.1 Å². The first-order chi connectivity index (χ1) is 13.9. The average Bonchev–Trinajstić information content (AvgIpc) is 2.69. The van der Waals surface area contributed by atoms with Crippen molar-refractivity contribution in [2.45, 2.75) is 13.0 Å². The predicted octanol–water partition coefficient (Wildman–Crippen LogP) is 5.07. The number of urea groups is 1. The minimum absolute atomic E-state index is 0.217. The number of halogens is 2. The molecule has 1 atom stereocenters. The Morgan fingerprint density at radius 1 is 0.862 bits per heavy atom. The number of anilines is 1. The summed E-state index contributed by atoms with van der Waals surface area (Å²) in [6.45, 7) is 1.89. The quantitative estimate of drug-likeness (QED) is 0.633. The van der Waals surface area contributed by atoms with Crippen LogP contribution in [0.3, 0.4) is 0 Å². The van der Waals surface area contributed by atoms with Crippen molar-refractivity contribution in [3.8, 4) is 5.75 Å². The first-order valence-corrected chi connectivity index (χ1v) is 8.82. The third kappa shape index (κ3) is 5.16. The van der Waals surface area contributed by atoms with Crippen molar-refractivity contribution in [3.05, 3.63) is 95.6 Å². The minimum Gasteiger partial charge on any atom is -0.486 e. The summed E-state index contributed by atoms with van der Waals surface area (Å²) >= 11 is 0. The van der Waals surface area contributed by atoms with E-state index in [-0.39, 0.29) is 6.10 Å². The lowest BCUT2D eigenvalue weighted by Crippen LogP contribution is -2.35. The number of carbonyl (C=O) groups is 2. The molecular formula is C22H18F2N2O3. The normalized spacial score (nSPS) is 11.4. The second-order valence-corrected chi connectivity index (χ2v) is 6.20. The van der Waals surface area contributed by atoms with Crippen molar-refractivity contribution < 1.29 is 23.1 Å². The molecule has 29 heavy (non-hydrogen) atoms. The molecule has 0 bridgehead atoms. The summed E-state index contributed by atoms with van der Waals surface area (Å²) in [5.41, 5.74) is 0.467. The molecule has 0 saturated heterocycles. The van der Waals surface area contributed by atoms with E-state index in [2.05, 4.69) is 5.32 Å². The van der Waals surface area contributed by atoms with E-state index in [1.165, 1.54) is 0 Å². The molecule has 7 heteroatoms. The van der Waals surface area contributed by atoms with Gasteiger partial charge in [-0.3, -0.25) is 10.1 Å². The molecule has 2 N–H and O–H groups in total. The van der Waals surface area contributed by atoms with E-state index in [4.69, 9.17) is 4.74 Å². The Kier molecular flexibility index (Phi) is 6.19. The van der Waals surface area contributed by atoms with Gasteiger partial charge in [-0.2, -0.15) is 0 Å². The van der Waals surface area contributed by atoms with Crippen LogP contribution in [0.1, 0.15) is 28.9 Å². The molecule has 3 amide bonds. The fourth-order valence-electron chi connectivity index (χ4n) is 2.65. The predicted molar refractivity (Wildman–Crippen MR) is 105 cm³/mol. The van der Waals surface area contributed by atoms with Crippen molar-refractivity contribution in [2.24, 2.45) is 0 Å². The second kappa shape index (κ2) is 8.97. The van der Waals surface area contributed by atoms with Crippen LogP contribution in [0, 0.1) is 11.6 Å². The third-order valence-electron chi connectivity index (χ3n) is 4.11. The van der Waals surface area contributed by atoms with Gasteiger partial charge in [0.05, 0.1) is 0 Å². The summed E-state index contributed by atoms with van der Waals surface area (Å²) in [7, 11) is 0. The van der Waals surface area contributed by atoms with Crippen LogP contribution in [0.5, 0.6) is 5.75 Å². The molecule has 0 saturated carbocycles. The van der Waals surface area contributed by atoms with Gasteiger partial charge in [-0.15, -0.1) is 0 Å². The highest BCUT2D eigenvalue weighted by Gasteiger charge is 2.19. The molecule has 0 heterocycles. The topological polar surface area (TPSA) is 67.4 Å². The smallest absolute Gasteiger partial charge is 0.326 e. The Labute approximate surface area is 166 Å². The molecule has 3 rings (SSSR count). The number of imide groups is 1. The van der Waals surface area contributed by atoms with E-state index in [1.807, 2.05) is 42.6 Å². The summed E-state index contributed by atoms with van der Waals surface area (Å²) in [5.74, 6) is -2.53. The van der Waals surface area contributed by atoms with Crippen LogP contribution in [0.25, 0.3) is 0 Å². The van der Waals surface area contributed by atoms with Crippen LogP contribution in [0.2, 0.25) is 0 Å². The van der Waals surface area contributed by atoms with Crippen LogP contribution in [0.15, 0.2) is 72.8 Å². The molecule has 1 unspecified atom stereocenters. The maximum absolute atomic E-state index is 13.6. The monoisotopic (exact) mass is 396 g/mol. The zero-order chi connectivity index (χ0) is 20.8. The number of nitrogens with one attached hydrogen (secondary N) is 2. The number of carbonyl (C=O) groups excluding carboxylic acids is 2. The van der Waals surface area contributed by atoms with Crippen LogP contribution in [-0.4, -0.2) is 11.9 Å². The lowest BCUT2D eigenvalue weighted by atomic mass is 10.1. The van der Waals surface area contributed by atoms with E-state index in [0.717, 1.165) is 29.5 Å². The highest BCUT2D eigenvalue weighted by atomic mass is 19.1. The van der Waals surface area contributed by atoms with Gasteiger partial charge in [0, 0.05) is 5.69 Å². The number of benzene rings is 3. The fraction of sp³-hybridized carbons (Fsp3) is 0.0909. The molecule has 0 fully saturated rings. The van der Waals surface area contributed by atoms with Crippen LogP contribution in [0.4, 0.5) is 19.3 Å². The maximum Gasteiger partial charge on any atom is 0.326 e. The van der Waals surface area contributed by atoms with Gasteiger partial charge in [-0.05, 0) is 48.9 Å². The van der Waals surface area contributed by atoms with Gasteiger partial charge in [0.2, 0.25) is 0 Å². The Bertz CT molecular complexity index is 988. The molecular weight excluding hydrogens is 378 g/mol. The average molecular weight is 396 g/mol. The molecule has 5 nitrogen and oxygen atoms in total. The number of hydrogen-bond acceptors (Lipinski definition) is 3. The van der Waals surface area contributed by atoms with Gasteiger partial charge in [0.15, 0.2) is 0 Å². The van der Waals surface area contributed by atoms with Crippen LogP contribution in [-0.2, 0) is 0 Å². The first kappa shape index (κ1) is 20.0. The molecule has 0 aliphatic heterocycles. The van der Waals surface area contributed by atoms with Crippen molar-refractivity contribution in [1.29, 1.82) is 0 Å². The Balaban J connectivity index is 1.59. The van der Waals surface area contributed by atoms with Crippen molar-refractivity contribution >= 4 is 17.6 Å². The fourth-order valence-corrected chi connectivity index (χ4v) is 2.65. The van der Waals surface area contributed by atoms with Gasteiger partial charge < -0.3 is 10.1 Å². The van der Waals surface area contributed by atoms with E-state index in [1.54, 1.807) is 24.3 Å². The van der Waals surface area contributed by atoms with Gasteiger partial charge in [-0.25, -0.2) is 13.6 Å². The molecule has 0 aliphatic rings. The molecule has 0 aromatic heterocycles. The van der Waals surface area contributed by atoms with E-state index >= 15 is 0 Å². The zero-order valence-corrected chi connectivity index (χ0v) is 15.5. The number of para-hydroxylation sites is 1. The molecule has 0 radical (unpaired) electrons. The molecule has 3 aromatic rings. The van der Waals surface area contributed by atoms with E-state index in [0.29, 0.717) is 5.69 Å². The summed E-state index contributed by atoms with van der Waals surface area (Å²) in [4.78, 5) is 23.9. The molecule has 3 aromatic carbocycles. The first-order valence-electron chi connectivity index (χ1n) is 8.82. The molecule has 148 valence electrons. The number of hydrogen-bond donors (Lipinski definition) is 2.